The summed E-state index contributed by atoms with van der Waals surface area (Å²) in [6, 6.07) is 6.57. The van der Waals surface area contributed by atoms with Crippen molar-refractivity contribution < 1.29 is 13.2 Å². The van der Waals surface area contributed by atoms with Crippen LogP contribution in [-0.4, -0.2) is 27.6 Å². The molecule has 0 spiro atoms. The van der Waals surface area contributed by atoms with Gasteiger partial charge in [0.1, 0.15) is 5.75 Å². The number of nitrogens with one attached hydrogen (secondary N) is 1. The number of rotatable bonds is 8. The van der Waals surface area contributed by atoms with E-state index >= 15 is 0 Å². The lowest BCUT2D eigenvalue weighted by Crippen LogP contribution is -2.39. The van der Waals surface area contributed by atoms with Crippen LogP contribution in [-0.2, 0) is 10.0 Å². The van der Waals surface area contributed by atoms with Crippen molar-refractivity contribution in [3.8, 4) is 5.75 Å². The van der Waals surface area contributed by atoms with Crippen LogP contribution >= 0.6 is 0 Å². The summed E-state index contributed by atoms with van der Waals surface area (Å²) < 4.78 is 33.4. The Morgan fingerprint density at radius 3 is 2.57 bits per heavy atom. The Morgan fingerprint density at radius 2 is 1.96 bits per heavy atom. The maximum atomic E-state index is 12.5. The highest BCUT2D eigenvalue weighted by Crippen LogP contribution is 2.26. The zero-order chi connectivity index (χ0) is 16.9. The van der Waals surface area contributed by atoms with E-state index in [0.717, 1.165) is 25.7 Å². The topological polar surface area (TPSA) is 81.4 Å². The average molecular weight is 340 g/mol. The number of hydrogen-bond acceptors (Lipinski definition) is 4. The van der Waals surface area contributed by atoms with Gasteiger partial charge in [-0.25, -0.2) is 13.1 Å². The molecule has 2 unspecified atom stereocenters. The van der Waals surface area contributed by atoms with Gasteiger partial charge < -0.3 is 10.5 Å². The zero-order valence-electron chi connectivity index (χ0n) is 14.0. The second kappa shape index (κ2) is 8.13. The Bertz CT molecular complexity index is 584. The molecule has 0 radical (unpaired) electrons. The molecule has 0 aromatic heterocycles. The largest absolute Gasteiger partial charge is 0.494 e. The second-order valence-electron chi connectivity index (χ2n) is 6.66. The minimum absolute atomic E-state index is 0.0491. The monoisotopic (exact) mass is 340 g/mol. The highest BCUT2D eigenvalue weighted by atomic mass is 32.2. The maximum Gasteiger partial charge on any atom is 0.240 e. The van der Waals surface area contributed by atoms with Gasteiger partial charge in [-0.15, -0.1) is 0 Å². The lowest BCUT2D eigenvalue weighted by Gasteiger charge is -2.19. The fourth-order valence-electron chi connectivity index (χ4n) is 2.87. The first-order chi connectivity index (χ1) is 10.9. The molecule has 1 aromatic rings. The number of sulfonamides is 1. The van der Waals surface area contributed by atoms with Crippen LogP contribution < -0.4 is 15.2 Å². The molecule has 1 fully saturated rings. The fraction of sp³-hybridized carbons (Fsp3) is 0.647. The number of benzene rings is 1. The summed E-state index contributed by atoms with van der Waals surface area (Å²) in [6.45, 7) is 5.45. The van der Waals surface area contributed by atoms with E-state index in [2.05, 4.69) is 18.6 Å². The van der Waals surface area contributed by atoms with Gasteiger partial charge in [0.2, 0.25) is 10.0 Å². The van der Waals surface area contributed by atoms with Gasteiger partial charge in [-0.1, -0.05) is 20.3 Å². The third-order valence-electron chi connectivity index (χ3n) is 4.37. The molecule has 0 bridgehead atoms. The van der Waals surface area contributed by atoms with Crippen molar-refractivity contribution in [3.05, 3.63) is 24.3 Å². The van der Waals surface area contributed by atoms with Gasteiger partial charge in [0.15, 0.2) is 0 Å². The minimum atomic E-state index is -3.50. The molecule has 3 N–H and O–H groups in total. The molecular weight excluding hydrogens is 312 g/mol. The highest BCUT2D eigenvalue weighted by molar-refractivity contribution is 7.89. The van der Waals surface area contributed by atoms with Crippen LogP contribution in [0.4, 0.5) is 0 Å². The molecule has 130 valence electrons. The molecule has 0 aliphatic heterocycles. The van der Waals surface area contributed by atoms with Crippen LogP contribution in [0.2, 0.25) is 0 Å². The third kappa shape index (κ3) is 5.19. The lowest BCUT2D eigenvalue weighted by atomic mass is 10.1. The van der Waals surface area contributed by atoms with Crippen molar-refractivity contribution in [2.45, 2.75) is 50.5 Å². The average Bonchev–Trinajstić information content (AvgIpc) is 2.94. The quantitative estimate of drug-likeness (QED) is 0.762. The SMILES string of the molecule is CC(C)CCOc1ccc(S(=O)(=O)NC2CCCC2CN)cc1. The van der Waals surface area contributed by atoms with E-state index in [0.29, 0.717) is 24.8 Å². The standard InChI is InChI=1S/C17H28N2O3S/c1-13(2)10-11-22-15-6-8-16(9-7-15)23(20,21)19-17-5-3-4-14(17)12-18/h6-9,13-14,17,19H,3-5,10-12,18H2,1-2H3. The van der Waals surface area contributed by atoms with Gasteiger partial charge in [0.25, 0.3) is 0 Å². The summed E-state index contributed by atoms with van der Waals surface area (Å²) in [7, 11) is -3.50. The van der Waals surface area contributed by atoms with Crippen molar-refractivity contribution in [3.63, 3.8) is 0 Å². The number of hydrogen-bond donors (Lipinski definition) is 2. The van der Waals surface area contributed by atoms with Gasteiger partial charge >= 0.3 is 0 Å². The first kappa shape index (κ1) is 18.2. The normalized spacial score (nSPS) is 21.7. The van der Waals surface area contributed by atoms with Crippen LogP contribution in [0.5, 0.6) is 5.75 Å². The maximum absolute atomic E-state index is 12.5. The molecule has 1 aliphatic carbocycles. The van der Waals surface area contributed by atoms with Crippen LogP contribution in [0, 0.1) is 11.8 Å². The van der Waals surface area contributed by atoms with E-state index in [1.54, 1.807) is 24.3 Å². The molecule has 23 heavy (non-hydrogen) atoms. The second-order valence-corrected chi connectivity index (χ2v) is 8.37. The summed E-state index contributed by atoms with van der Waals surface area (Å²) in [4.78, 5) is 0.274. The van der Waals surface area contributed by atoms with Crippen molar-refractivity contribution in [2.24, 2.45) is 17.6 Å². The predicted octanol–water partition coefficient (Wildman–Crippen LogP) is 2.52. The highest BCUT2D eigenvalue weighted by Gasteiger charge is 2.30. The van der Waals surface area contributed by atoms with Crippen molar-refractivity contribution in [1.29, 1.82) is 0 Å². The molecular formula is C17H28N2O3S. The third-order valence-corrected chi connectivity index (χ3v) is 5.87. The minimum Gasteiger partial charge on any atom is -0.494 e. The van der Waals surface area contributed by atoms with Crippen LogP contribution in [0.1, 0.15) is 39.5 Å². The van der Waals surface area contributed by atoms with Crippen LogP contribution in [0.3, 0.4) is 0 Å². The van der Waals surface area contributed by atoms with E-state index in [9.17, 15) is 8.42 Å². The van der Waals surface area contributed by atoms with Crippen molar-refractivity contribution >= 4 is 10.0 Å². The van der Waals surface area contributed by atoms with E-state index in [4.69, 9.17) is 10.5 Å². The Labute approximate surface area is 139 Å². The van der Waals surface area contributed by atoms with E-state index in [1.165, 1.54) is 0 Å². The fourth-order valence-corrected chi connectivity index (χ4v) is 4.21. The molecule has 6 heteroatoms. The summed E-state index contributed by atoms with van der Waals surface area (Å²) >= 11 is 0. The van der Waals surface area contributed by atoms with Gasteiger partial charge in [-0.3, -0.25) is 0 Å². The first-order valence-electron chi connectivity index (χ1n) is 8.37. The number of ether oxygens (including phenoxy) is 1. The Morgan fingerprint density at radius 1 is 1.26 bits per heavy atom. The number of nitrogens with two attached hydrogens (primary N) is 1. The zero-order valence-corrected chi connectivity index (χ0v) is 14.8. The van der Waals surface area contributed by atoms with Gasteiger partial charge in [0, 0.05) is 6.04 Å². The van der Waals surface area contributed by atoms with Crippen LogP contribution in [0.15, 0.2) is 29.2 Å². The molecule has 0 saturated heterocycles. The lowest BCUT2D eigenvalue weighted by molar-refractivity contribution is 0.289. The predicted molar refractivity (Wildman–Crippen MR) is 91.9 cm³/mol. The summed E-state index contributed by atoms with van der Waals surface area (Å²) in [5.41, 5.74) is 5.72. The summed E-state index contributed by atoms with van der Waals surface area (Å²) in [5, 5.41) is 0. The molecule has 1 saturated carbocycles. The molecule has 2 rings (SSSR count). The molecule has 5 nitrogen and oxygen atoms in total. The Hall–Kier alpha value is -1.11. The molecule has 0 amide bonds. The summed E-state index contributed by atoms with van der Waals surface area (Å²) in [6.07, 6.45) is 3.85. The van der Waals surface area contributed by atoms with Crippen molar-refractivity contribution in [2.75, 3.05) is 13.2 Å². The smallest absolute Gasteiger partial charge is 0.240 e. The molecule has 0 heterocycles. The van der Waals surface area contributed by atoms with E-state index < -0.39 is 10.0 Å². The molecule has 2 atom stereocenters. The first-order valence-corrected chi connectivity index (χ1v) is 9.86. The molecule has 1 aromatic carbocycles. The Balaban J connectivity index is 1.97. The van der Waals surface area contributed by atoms with Crippen LogP contribution in [0.25, 0.3) is 0 Å². The van der Waals surface area contributed by atoms with E-state index in [-0.39, 0.29) is 16.9 Å². The molecule has 1 aliphatic rings. The van der Waals surface area contributed by atoms with Gasteiger partial charge in [-0.2, -0.15) is 0 Å². The van der Waals surface area contributed by atoms with Gasteiger partial charge in [-0.05, 0) is 61.9 Å². The Kier molecular flexibility index (Phi) is 6.44. The summed E-state index contributed by atoms with van der Waals surface area (Å²) in [5.74, 6) is 1.52. The van der Waals surface area contributed by atoms with E-state index in [1.807, 2.05) is 0 Å². The van der Waals surface area contributed by atoms with Crippen molar-refractivity contribution in [1.82, 2.24) is 4.72 Å². The van der Waals surface area contributed by atoms with Gasteiger partial charge in [0.05, 0.1) is 11.5 Å².